The monoisotopic (exact) mass is 243 g/mol. The van der Waals surface area contributed by atoms with Crippen LogP contribution in [0.25, 0.3) is 0 Å². The van der Waals surface area contributed by atoms with Crippen LogP contribution < -0.4 is 0 Å². The third kappa shape index (κ3) is 3.90. The summed E-state index contributed by atoms with van der Waals surface area (Å²) >= 11 is 5.87. The molecule has 1 unspecified atom stereocenters. The summed E-state index contributed by atoms with van der Waals surface area (Å²) in [6, 6.07) is 19.4. The molecule has 1 heteroatoms. The molecule has 2 aromatic carbocycles. The highest BCUT2D eigenvalue weighted by Crippen LogP contribution is 2.16. The van der Waals surface area contributed by atoms with Gasteiger partial charge >= 0.3 is 0 Å². The minimum absolute atomic E-state index is 0.638. The lowest BCUT2D eigenvalue weighted by Crippen LogP contribution is -2.03. The molecule has 0 bridgehead atoms. The van der Waals surface area contributed by atoms with Crippen LogP contribution in [0.1, 0.15) is 18.1 Å². The molecule has 0 saturated heterocycles. The third-order valence-electron chi connectivity index (χ3n) is 2.87. The maximum Gasteiger partial charge on any atom is 0.0406 e. The molecule has 17 heavy (non-hydrogen) atoms. The zero-order valence-corrected chi connectivity index (χ0v) is 10.7. The maximum absolute atomic E-state index is 5.87. The SMILES string of the molecule is CC(Cc1cc[c]cc1)Cc1ccc(Cl)cc1. The first-order chi connectivity index (χ1) is 8.24. The highest BCUT2D eigenvalue weighted by molar-refractivity contribution is 6.30. The quantitative estimate of drug-likeness (QED) is 0.739. The number of hydrogen-bond acceptors (Lipinski definition) is 0. The number of benzene rings is 2. The first-order valence-electron chi connectivity index (χ1n) is 5.93. The second kappa shape index (κ2) is 5.88. The summed E-state index contributed by atoms with van der Waals surface area (Å²) in [4.78, 5) is 0. The Balaban J connectivity index is 1.93. The summed E-state index contributed by atoms with van der Waals surface area (Å²) in [6.45, 7) is 2.28. The number of halogens is 1. The molecule has 0 aromatic heterocycles. The van der Waals surface area contributed by atoms with Crippen LogP contribution >= 0.6 is 11.6 Å². The van der Waals surface area contributed by atoms with Gasteiger partial charge in [0, 0.05) is 5.02 Å². The summed E-state index contributed by atoms with van der Waals surface area (Å²) < 4.78 is 0. The lowest BCUT2D eigenvalue weighted by Gasteiger charge is -2.11. The fraction of sp³-hybridized carbons (Fsp3) is 0.250. The molecule has 2 rings (SSSR count). The Morgan fingerprint density at radius 3 is 2.06 bits per heavy atom. The molecular weight excluding hydrogens is 228 g/mol. The predicted molar refractivity (Wildman–Crippen MR) is 73.3 cm³/mol. The topological polar surface area (TPSA) is 0 Å². The van der Waals surface area contributed by atoms with E-state index in [2.05, 4.69) is 37.3 Å². The Bertz CT molecular complexity index is 445. The lowest BCUT2D eigenvalue weighted by molar-refractivity contribution is 0.577. The fourth-order valence-electron chi connectivity index (χ4n) is 2.05. The van der Waals surface area contributed by atoms with E-state index in [1.165, 1.54) is 11.1 Å². The Labute approximate surface area is 108 Å². The van der Waals surface area contributed by atoms with Crippen molar-refractivity contribution in [2.24, 2.45) is 5.92 Å². The van der Waals surface area contributed by atoms with Gasteiger partial charge < -0.3 is 0 Å². The van der Waals surface area contributed by atoms with Gasteiger partial charge in [-0.15, -0.1) is 0 Å². The van der Waals surface area contributed by atoms with E-state index in [-0.39, 0.29) is 0 Å². The molecule has 0 amide bonds. The molecule has 0 aliphatic heterocycles. The molecule has 87 valence electrons. The van der Waals surface area contributed by atoms with Crippen molar-refractivity contribution in [2.45, 2.75) is 19.8 Å². The second-order valence-electron chi connectivity index (χ2n) is 4.55. The fourth-order valence-corrected chi connectivity index (χ4v) is 2.18. The Kier molecular flexibility index (Phi) is 4.22. The van der Waals surface area contributed by atoms with Crippen LogP contribution in [-0.4, -0.2) is 0 Å². The van der Waals surface area contributed by atoms with E-state index in [0.29, 0.717) is 5.92 Å². The zero-order valence-electron chi connectivity index (χ0n) is 9.99. The van der Waals surface area contributed by atoms with Crippen molar-refractivity contribution in [1.82, 2.24) is 0 Å². The van der Waals surface area contributed by atoms with Crippen molar-refractivity contribution in [3.8, 4) is 0 Å². The van der Waals surface area contributed by atoms with E-state index >= 15 is 0 Å². The highest BCUT2D eigenvalue weighted by Gasteiger charge is 2.04. The molecule has 0 aliphatic rings. The van der Waals surface area contributed by atoms with E-state index < -0.39 is 0 Å². The first kappa shape index (κ1) is 12.2. The van der Waals surface area contributed by atoms with Gasteiger partial charge in [-0.25, -0.2) is 0 Å². The van der Waals surface area contributed by atoms with Gasteiger partial charge in [-0.3, -0.25) is 0 Å². The molecule has 0 saturated carbocycles. The van der Waals surface area contributed by atoms with Crippen molar-refractivity contribution in [1.29, 1.82) is 0 Å². The number of rotatable bonds is 4. The molecule has 0 nitrogen and oxygen atoms in total. The molecule has 0 aliphatic carbocycles. The van der Waals surface area contributed by atoms with Crippen LogP contribution in [0.4, 0.5) is 0 Å². The molecule has 0 N–H and O–H groups in total. The van der Waals surface area contributed by atoms with Crippen LogP contribution in [0.5, 0.6) is 0 Å². The second-order valence-corrected chi connectivity index (χ2v) is 4.98. The highest BCUT2D eigenvalue weighted by atomic mass is 35.5. The summed E-state index contributed by atoms with van der Waals surface area (Å²) in [6.07, 6.45) is 2.20. The molecular formula is C16H16Cl. The van der Waals surface area contributed by atoms with Gasteiger partial charge in [0.25, 0.3) is 0 Å². The standard InChI is InChI=1S/C16H16Cl/c1-13(11-14-5-3-2-4-6-14)12-15-7-9-16(17)10-8-15/h3-10,13H,11-12H2,1H3. The zero-order chi connectivity index (χ0) is 12.1. The van der Waals surface area contributed by atoms with Gasteiger partial charge in [-0.1, -0.05) is 54.9 Å². The molecule has 0 spiro atoms. The molecule has 0 fully saturated rings. The minimum Gasteiger partial charge on any atom is -0.0843 e. The van der Waals surface area contributed by atoms with Crippen molar-refractivity contribution >= 4 is 11.6 Å². The Morgan fingerprint density at radius 2 is 1.47 bits per heavy atom. The Morgan fingerprint density at radius 1 is 0.941 bits per heavy atom. The van der Waals surface area contributed by atoms with E-state index in [0.717, 1.165) is 17.9 Å². The van der Waals surface area contributed by atoms with E-state index in [9.17, 15) is 0 Å². The maximum atomic E-state index is 5.87. The third-order valence-corrected chi connectivity index (χ3v) is 3.12. The Hall–Kier alpha value is -1.27. The van der Waals surface area contributed by atoms with Gasteiger partial charge in [0.15, 0.2) is 0 Å². The van der Waals surface area contributed by atoms with Crippen LogP contribution in [0.2, 0.25) is 5.02 Å². The number of hydrogen-bond donors (Lipinski definition) is 0. The van der Waals surface area contributed by atoms with E-state index in [1.54, 1.807) is 0 Å². The van der Waals surface area contributed by atoms with E-state index in [4.69, 9.17) is 11.6 Å². The lowest BCUT2D eigenvalue weighted by atomic mass is 9.94. The van der Waals surface area contributed by atoms with Gasteiger partial charge in [-0.2, -0.15) is 0 Å². The molecule has 1 atom stereocenters. The summed E-state index contributed by atoms with van der Waals surface area (Å²) in [5, 5.41) is 0.806. The van der Waals surface area contributed by atoms with Gasteiger partial charge in [-0.05, 0) is 48.1 Å². The molecule has 0 heterocycles. The van der Waals surface area contributed by atoms with E-state index in [1.807, 2.05) is 24.3 Å². The molecule has 1 radical (unpaired) electrons. The van der Waals surface area contributed by atoms with Gasteiger partial charge in [0.2, 0.25) is 0 Å². The molecule has 2 aromatic rings. The normalized spacial score (nSPS) is 12.4. The van der Waals surface area contributed by atoms with Gasteiger partial charge in [0.1, 0.15) is 0 Å². The first-order valence-corrected chi connectivity index (χ1v) is 6.31. The summed E-state index contributed by atoms with van der Waals surface area (Å²) in [5.41, 5.74) is 2.73. The van der Waals surface area contributed by atoms with Crippen molar-refractivity contribution in [3.63, 3.8) is 0 Å². The van der Waals surface area contributed by atoms with Crippen LogP contribution in [0.15, 0.2) is 48.5 Å². The smallest absolute Gasteiger partial charge is 0.0406 e. The van der Waals surface area contributed by atoms with Crippen molar-refractivity contribution in [3.05, 3.63) is 70.7 Å². The summed E-state index contributed by atoms with van der Waals surface area (Å²) in [7, 11) is 0. The predicted octanol–water partition coefficient (Wildman–Crippen LogP) is 4.56. The van der Waals surface area contributed by atoms with Crippen LogP contribution in [0.3, 0.4) is 0 Å². The summed E-state index contributed by atoms with van der Waals surface area (Å²) in [5.74, 6) is 0.638. The average Bonchev–Trinajstić information content (AvgIpc) is 2.33. The largest absolute Gasteiger partial charge is 0.0843 e. The average molecular weight is 244 g/mol. The van der Waals surface area contributed by atoms with Gasteiger partial charge in [0.05, 0.1) is 0 Å². The van der Waals surface area contributed by atoms with Crippen LogP contribution in [-0.2, 0) is 12.8 Å². The van der Waals surface area contributed by atoms with Crippen molar-refractivity contribution in [2.75, 3.05) is 0 Å². The van der Waals surface area contributed by atoms with Crippen molar-refractivity contribution < 1.29 is 0 Å². The minimum atomic E-state index is 0.638. The van der Waals surface area contributed by atoms with Crippen LogP contribution in [0, 0.1) is 12.0 Å².